The smallest absolute Gasteiger partial charge is 0.317 e. The first kappa shape index (κ1) is 18.3. The number of hydrogen-bond donors (Lipinski definition) is 1. The van der Waals surface area contributed by atoms with E-state index in [0.717, 1.165) is 18.7 Å². The van der Waals surface area contributed by atoms with E-state index in [1.807, 2.05) is 58.3 Å². The highest BCUT2D eigenvalue weighted by molar-refractivity contribution is 5.81. The van der Waals surface area contributed by atoms with Crippen LogP contribution in [0.25, 0.3) is 0 Å². The van der Waals surface area contributed by atoms with E-state index >= 15 is 0 Å². The van der Waals surface area contributed by atoms with Gasteiger partial charge in [-0.05, 0) is 17.7 Å². The van der Waals surface area contributed by atoms with Crippen LogP contribution in [0.3, 0.4) is 0 Å². The molecule has 2 fully saturated rings. The summed E-state index contributed by atoms with van der Waals surface area (Å²) < 4.78 is 0. The van der Waals surface area contributed by atoms with E-state index in [2.05, 4.69) is 22.3 Å². The number of carbonyl (C=O) groups is 2. The number of rotatable bonds is 4. The number of carbonyl (C=O) groups excluding carboxylic acids is 2. The summed E-state index contributed by atoms with van der Waals surface area (Å²) in [4.78, 5) is 30.9. The molecule has 146 valence electrons. The molecule has 0 bridgehead atoms. The number of hydrogen-bond acceptors (Lipinski definition) is 3. The van der Waals surface area contributed by atoms with E-state index in [4.69, 9.17) is 0 Å². The Hall–Kier alpha value is -3.02. The highest BCUT2D eigenvalue weighted by atomic mass is 16.2. The SMILES string of the molecule is O=C1CC(NC(=O)N2CCN(c3ccccc3)CC2)CN1Cc1ccccc1. The number of anilines is 1. The van der Waals surface area contributed by atoms with Crippen LogP contribution in [0.1, 0.15) is 12.0 Å². The minimum Gasteiger partial charge on any atom is -0.368 e. The van der Waals surface area contributed by atoms with Crippen molar-refractivity contribution in [2.75, 3.05) is 37.6 Å². The van der Waals surface area contributed by atoms with Crippen LogP contribution in [0, 0.1) is 0 Å². The summed E-state index contributed by atoms with van der Waals surface area (Å²) in [5.74, 6) is 0.100. The van der Waals surface area contributed by atoms with Crippen LogP contribution >= 0.6 is 0 Å². The summed E-state index contributed by atoms with van der Waals surface area (Å²) >= 11 is 0. The monoisotopic (exact) mass is 378 g/mol. The number of nitrogens with one attached hydrogen (secondary N) is 1. The van der Waals surface area contributed by atoms with Crippen molar-refractivity contribution in [1.29, 1.82) is 0 Å². The molecule has 0 saturated carbocycles. The number of piperazine rings is 1. The van der Waals surface area contributed by atoms with Crippen LogP contribution < -0.4 is 10.2 Å². The quantitative estimate of drug-likeness (QED) is 0.888. The summed E-state index contributed by atoms with van der Waals surface area (Å²) in [5, 5.41) is 3.06. The topological polar surface area (TPSA) is 55.9 Å². The lowest BCUT2D eigenvalue weighted by Crippen LogP contribution is -2.53. The molecule has 2 aromatic carbocycles. The zero-order valence-corrected chi connectivity index (χ0v) is 16.0. The fourth-order valence-electron chi connectivity index (χ4n) is 3.90. The Morgan fingerprint density at radius 2 is 1.57 bits per heavy atom. The van der Waals surface area contributed by atoms with Crippen LogP contribution in [-0.4, -0.2) is 60.5 Å². The number of benzene rings is 2. The van der Waals surface area contributed by atoms with Gasteiger partial charge in [0.25, 0.3) is 0 Å². The minimum absolute atomic E-state index is 0.0629. The summed E-state index contributed by atoms with van der Waals surface area (Å²) in [6.07, 6.45) is 0.378. The van der Waals surface area contributed by atoms with E-state index in [1.165, 1.54) is 5.69 Å². The van der Waals surface area contributed by atoms with Gasteiger partial charge >= 0.3 is 6.03 Å². The zero-order chi connectivity index (χ0) is 19.3. The Labute approximate surface area is 165 Å². The van der Waals surface area contributed by atoms with Gasteiger partial charge in [-0.15, -0.1) is 0 Å². The van der Waals surface area contributed by atoms with Crippen molar-refractivity contribution < 1.29 is 9.59 Å². The van der Waals surface area contributed by atoms with E-state index in [1.54, 1.807) is 0 Å². The van der Waals surface area contributed by atoms with Crippen LogP contribution in [0.15, 0.2) is 60.7 Å². The van der Waals surface area contributed by atoms with Crippen molar-refractivity contribution in [2.24, 2.45) is 0 Å². The van der Waals surface area contributed by atoms with Crippen molar-refractivity contribution in [3.63, 3.8) is 0 Å². The van der Waals surface area contributed by atoms with Gasteiger partial charge in [-0.1, -0.05) is 48.5 Å². The molecule has 2 heterocycles. The molecule has 1 atom stereocenters. The second-order valence-electron chi connectivity index (χ2n) is 7.42. The van der Waals surface area contributed by atoms with Gasteiger partial charge < -0.3 is 20.0 Å². The first-order valence-corrected chi connectivity index (χ1v) is 9.86. The van der Waals surface area contributed by atoms with Gasteiger partial charge in [0.1, 0.15) is 0 Å². The summed E-state index contributed by atoms with van der Waals surface area (Å²) in [7, 11) is 0. The third kappa shape index (κ3) is 4.27. The third-order valence-electron chi connectivity index (χ3n) is 5.45. The molecule has 0 radical (unpaired) electrons. The molecule has 2 saturated heterocycles. The summed E-state index contributed by atoms with van der Waals surface area (Å²) in [6.45, 7) is 4.19. The Balaban J connectivity index is 1.26. The van der Waals surface area contributed by atoms with Gasteiger partial charge in [-0.25, -0.2) is 4.79 Å². The molecule has 1 unspecified atom stereocenters. The van der Waals surface area contributed by atoms with Crippen molar-refractivity contribution in [2.45, 2.75) is 19.0 Å². The lowest BCUT2D eigenvalue weighted by atomic mass is 10.2. The number of urea groups is 1. The van der Waals surface area contributed by atoms with Crippen LogP contribution in [0.4, 0.5) is 10.5 Å². The lowest BCUT2D eigenvalue weighted by Gasteiger charge is -2.36. The van der Waals surface area contributed by atoms with Crippen molar-refractivity contribution in [3.05, 3.63) is 66.2 Å². The number of nitrogens with zero attached hydrogens (tertiary/aromatic N) is 3. The highest BCUT2D eigenvalue weighted by Crippen LogP contribution is 2.17. The molecule has 28 heavy (non-hydrogen) atoms. The molecular weight excluding hydrogens is 352 g/mol. The lowest BCUT2D eigenvalue weighted by molar-refractivity contribution is -0.128. The van der Waals surface area contributed by atoms with Gasteiger partial charge in [0.2, 0.25) is 5.91 Å². The third-order valence-corrected chi connectivity index (χ3v) is 5.45. The summed E-state index contributed by atoms with van der Waals surface area (Å²) in [6, 6.07) is 20.1. The number of amides is 3. The average Bonchev–Trinajstić information content (AvgIpc) is 3.08. The molecule has 2 aliphatic heterocycles. The standard InChI is InChI=1S/C22H26N4O2/c27-21-15-19(17-26(21)16-18-7-3-1-4-8-18)23-22(28)25-13-11-24(12-14-25)20-9-5-2-6-10-20/h1-10,19H,11-17H2,(H,23,28). The van der Waals surface area contributed by atoms with Gasteiger partial charge in [0, 0.05) is 51.4 Å². The maximum atomic E-state index is 12.6. The molecule has 2 aromatic rings. The molecule has 6 heteroatoms. The molecule has 2 aliphatic rings. The van der Waals surface area contributed by atoms with Crippen LogP contribution in [-0.2, 0) is 11.3 Å². The van der Waals surface area contributed by atoms with Gasteiger partial charge in [0.05, 0.1) is 6.04 Å². The molecule has 1 N–H and O–H groups in total. The van der Waals surface area contributed by atoms with E-state index < -0.39 is 0 Å². The van der Waals surface area contributed by atoms with E-state index in [0.29, 0.717) is 32.6 Å². The number of para-hydroxylation sites is 1. The predicted molar refractivity (Wildman–Crippen MR) is 109 cm³/mol. The van der Waals surface area contributed by atoms with Gasteiger partial charge in [0.15, 0.2) is 0 Å². The Morgan fingerprint density at radius 1 is 0.929 bits per heavy atom. The molecule has 0 spiro atoms. The average molecular weight is 378 g/mol. The fraction of sp³-hybridized carbons (Fsp3) is 0.364. The second-order valence-corrected chi connectivity index (χ2v) is 7.42. The van der Waals surface area contributed by atoms with Crippen LogP contribution in [0.5, 0.6) is 0 Å². The maximum absolute atomic E-state index is 12.6. The molecule has 6 nitrogen and oxygen atoms in total. The Kier molecular flexibility index (Phi) is 5.46. The molecule has 4 rings (SSSR count). The van der Waals surface area contributed by atoms with Gasteiger partial charge in [-0.2, -0.15) is 0 Å². The highest BCUT2D eigenvalue weighted by Gasteiger charge is 2.32. The van der Waals surface area contributed by atoms with E-state index in [9.17, 15) is 9.59 Å². The Morgan fingerprint density at radius 3 is 2.25 bits per heavy atom. The van der Waals surface area contributed by atoms with Crippen molar-refractivity contribution in [1.82, 2.24) is 15.1 Å². The Bertz CT molecular complexity index is 804. The minimum atomic E-state index is -0.115. The second kappa shape index (κ2) is 8.33. The van der Waals surface area contributed by atoms with Crippen molar-refractivity contribution >= 4 is 17.6 Å². The molecule has 0 aliphatic carbocycles. The predicted octanol–water partition coefficient (Wildman–Crippen LogP) is 2.32. The van der Waals surface area contributed by atoms with Crippen molar-refractivity contribution in [3.8, 4) is 0 Å². The zero-order valence-electron chi connectivity index (χ0n) is 16.0. The molecule has 3 amide bonds. The largest absolute Gasteiger partial charge is 0.368 e. The molecule has 0 aromatic heterocycles. The van der Waals surface area contributed by atoms with Gasteiger partial charge in [-0.3, -0.25) is 4.79 Å². The normalized spacial score (nSPS) is 19.8. The molecular formula is C22H26N4O2. The van der Waals surface area contributed by atoms with E-state index in [-0.39, 0.29) is 18.0 Å². The first-order valence-electron chi connectivity index (χ1n) is 9.86. The maximum Gasteiger partial charge on any atom is 0.317 e. The fourth-order valence-corrected chi connectivity index (χ4v) is 3.90. The summed E-state index contributed by atoms with van der Waals surface area (Å²) in [5.41, 5.74) is 2.31. The first-order chi connectivity index (χ1) is 13.7. The van der Waals surface area contributed by atoms with Crippen LogP contribution in [0.2, 0.25) is 0 Å². The number of likely N-dealkylation sites (tertiary alicyclic amines) is 1.